The van der Waals surface area contributed by atoms with E-state index in [9.17, 15) is 13.2 Å². The van der Waals surface area contributed by atoms with E-state index >= 15 is 0 Å². The summed E-state index contributed by atoms with van der Waals surface area (Å²) in [5, 5.41) is 3.49. The molecule has 0 amide bonds. The van der Waals surface area contributed by atoms with Crippen molar-refractivity contribution in [2.75, 3.05) is 19.8 Å². The summed E-state index contributed by atoms with van der Waals surface area (Å²) in [4.78, 5) is 4.95. The van der Waals surface area contributed by atoms with Crippen LogP contribution >= 0.6 is 34.8 Å². The first-order valence-electron chi connectivity index (χ1n) is 7.42. The highest BCUT2D eigenvalue weighted by molar-refractivity contribution is 6.55. The number of hydrogen-bond acceptors (Lipinski definition) is 4. The predicted octanol–water partition coefficient (Wildman–Crippen LogP) is 6.24. The first-order valence-corrected chi connectivity index (χ1v) is 8.55. The largest absolute Gasteiger partial charge is 0.491 e. The van der Waals surface area contributed by atoms with Crippen LogP contribution in [0.25, 0.3) is 0 Å². The number of halogens is 6. The number of rotatable bonds is 9. The molecule has 0 fully saturated rings. The van der Waals surface area contributed by atoms with E-state index < -0.39 is 17.5 Å². The SMILES string of the molecule is CC(C)=NOCCCOc1c(Cl)cc(OCC=C(Cl)Cl)cc1C(F)(F)F. The number of alkyl halides is 3. The standard InChI is InChI=1S/C16H17Cl3F3NO3/c1-10(2)23-26-6-3-5-25-15-12(16(20,21)22)8-11(9-13(15)17)24-7-4-14(18)19/h4,8-9H,3,5-7H2,1-2H3. The van der Waals surface area contributed by atoms with E-state index in [-0.39, 0.29) is 35.1 Å². The summed E-state index contributed by atoms with van der Waals surface area (Å²) >= 11 is 16.8. The van der Waals surface area contributed by atoms with Gasteiger partial charge < -0.3 is 14.3 Å². The Morgan fingerprint density at radius 1 is 1.15 bits per heavy atom. The molecule has 0 heterocycles. The second-order valence-corrected chi connectivity index (χ2v) is 6.57. The molecule has 146 valence electrons. The Morgan fingerprint density at radius 3 is 2.42 bits per heavy atom. The maximum atomic E-state index is 13.3. The first kappa shape index (κ1) is 22.7. The topological polar surface area (TPSA) is 40.0 Å². The van der Waals surface area contributed by atoms with Crippen LogP contribution in [-0.2, 0) is 11.0 Å². The van der Waals surface area contributed by atoms with Crippen molar-refractivity contribution in [3.63, 3.8) is 0 Å². The lowest BCUT2D eigenvalue weighted by Crippen LogP contribution is -2.11. The van der Waals surface area contributed by atoms with Gasteiger partial charge in [0, 0.05) is 12.5 Å². The van der Waals surface area contributed by atoms with Gasteiger partial charge in [-0.05, 0) is 26.0 Å². The third kappa shape index (κ3) is 8.38. The molecule has 10 heteroatoms. The van der Waals surface area contributed by atoms with E-state index in [0.29, 0.717) is 6.42 Å². The molecular formula is C16H17Cl3F3NO3. The van der Waals surface area contributed by atoms with Gasteiger partial charge >= 0.3 is 6.18 Å². The lowest BCUT2D eigenvalue weighted by Gasteiger charge is -2.17. The zero-order valence-corrected chi connectivity index (χ0v) is 16.3. The summed E-state index contributed by atoms with van der Waals surface area (Å²) in [6.07, 6.45) is -3.05. The molecule has 26 heavy (non-hydrogen) atoms. The van der Waals surface area contributed by atoms with Crippen molar-refractivity contribution >= 4 is 40.5 Å². The predicted molar refractivity (Wildman–Crippen MR) is 96.6 cm³/mol. The van der Waals surface area contributed by atoms with Gasteiger partial charge in [-0.3, -0.25) is 0 Å². The molecule has 1 aromatic carbocycles. The zero-order valence-electron chi connectivity index (χ0n) is 14.0. The van der Waals surface area contributed by atoms with Crippen LogP contribution in [0, 0.1) is 0 Å². The Kier molecular flexibility index (Phi) is 9.39. The van der Waals surface area contributed by atoms with Crippen LogP contribution in [0.1, 0.15) is 25.8 Å². The van der Waals surface area contributed by atoms with Gasteiger partial charge in [-0.2, -0.15) is 13.2 Å². The quantitative estimate of drug-likeness (QED) is 0.262. The summed E-state index contributed by atoms with van der Waals surface area (Å²) in [6.45, 7) is 3.59. The van der Waals surface area contributed by atoms with Crippen molar-refractivity contribution in [1.82, 2.24) is 0 Å². The van der Waals surface area contributed by atoms with Gasteiger partial charge in [-0.1, -0.05) is 40.0 Å². The highest BCUT2D eigenvalue weighted by atomic mass is 35.5. The van der Waals surface area contributed by atoms with Gasteiger partial charge in [0.05, 0.1) is 17.3 Å². The summed E-state index contributed by atoms with van der Waals surface area (Å²) < 4.78 is 50.2. The van der Waals surface area contributed by atoms with Crippen molar-refractivity contribution in [3.8, 4) is 11.5 Å². The van der Waals surface area contributed by atoms with Gasteiger partial charge in [0.1, 0.15) is 34.8 Å². The van der Waals surface area contributed by atoms with E-state index in [4.69, 9.17) is 49.1 Å². The summed E-state index contributed by atoms with van der Waals surface area (Å²) in [5.74, 6) is -0.552. The Labute approximate surface area is 164 Å². The van der Waals surface area contributed by atoms with Crippen LogP contribution in [-0.4, -0.2) is 25.5 Å². The second kappa shape index (κ2) is 10.7. The van der Waals surface area contributed by atoms with E-state index in [1.165, 1.54) is 12.1 Å². The lowest BCUT2D eigenvalue weighted by atomic mass is 10.1. The fourth-order valence-electron chi connectivity index (χ4n) is 1.68. The molecule has 1 rings (SSSR count). The van der Waals surface area contributed by atoms with Crippen molar-refractivity contribution in [2.45, 2.75) is 26.4 Å². The first-order chi connectivity index (χ1) is 12.1. The van der Waals surface area contributed by atoms with Gasteiger partial charge in [-0.15, -0.1) is 0 Å². The third-order valence-electron chi connectivity index (χ3n) is 2.68. The van der Waals surface area contributed by atoms with E-state index in [0.717, 1.165) is 11.8 Å². The lowest BCUT2D eigenvalue weighted by molar-refractivity contribution is -0.139. The average molecular weight is 435 g/mol. The van der Waals surface area contributed by atoms with Crippen LogP contribution < -0.4 is 9.47 Å². The van der Waals surface area contributed by atoms with E-state index in [1.54, 1.807) is 13.8 Å². The molecule has 0 aromatic heterocycles. The fraction of sp³-hybridized carbons (Fsp3) is 0.438. The molecule has 0 aliphatic heterocycles. The van der Waals surface area contributed by atoms with Crippen molar-refractivity contribution in [3.05, 3.63) is 33.3 Å². The highest BCUT2D eigenvalue weighted by Gasteiger charge is 2.36. The summed E-state index contributed by atoms with van der Waals surface area (Å²) in [5.41, 5.74) is -0.307. The van der Waals surface area contributed by atoms with Crippen LogP contribution in [0.5, 0.6) is 11.5 Å². The van der Waals surface area contributed by atoms with Crippen molar-refractivity contribution < 1.29 is 27.5 Å². The second-order valence-electron chi connectivity index (χ2n) is 5.16. The van der Waals surface area contributed by atoms with E-state index in [1.807, 2.05) is 0 Å². The van der Waals surface area contributed by atoms with Crippen LogP contribution in [0.2, 0.25) is 5.02 Å². The Balaban J connectivity index is 2.83. The van der Waals surface area contributed by atoms with Gasteiger partial charge in [0.15, 0.2) is 0 Å². The van der Waals surface area contributed by atoms with Gasteiger partial charge in [-0.25, -0.2) is 0 Å². The molecule has 0 aliphatic rings. The average Bonchev–Trinajstić information content (AvgIpc) is 2.50. The van der Waals surface area contributed by atoms with Crippen LogP contribution in [0.3, 0.4) is 0 Å². The molecule has 0 atom stereocenters. The number of nitrogens with zero attached hydrogens (tertiary/aromatic N) is 1. The van der Waals surface area contributed by atoms with Gasteiger partial charge in [0.2, 0.25) is 0 Å². The molecular weight excluding hydrogens is 418 g/mol. The maximum Gasteiger partial charge on any atom is 0.420 e. The minimum absolute atomic E-state index is 0.0219. The van der Waals surface area contributed by atoms with E-state index in [2.05, 4.69) is 5.16 Å². The molecule has 0 saturated heterocycles. The number of hydrogen-bond donors (Lipinski definition) is 0. The molecule has 0 unspecified atom stereocenters. The van der Waals surface area contributed by atoms with Gasteiger partial charge in [0.25, 0.3) is 0 Å². The number of ether oxygens (including phenoxy) is 2. The van der Waals surface area contributed by atoms with Crippen molar-refractivity contribution in [2.24, 2.45) is 5.16 Å². The number of oxime groups is 1. The molecule has 0 radical (unpaired) electrons. The Hall–Kier alpha value is -1.31. The molecule has 0 bridgehead atoms. The highest BCUT2D eigenvalue weighted by Crippen LogP contribution is 2.43. The molecule has 0 N–H and O–H groups in total. The molecule has 0 spiro atoms. The van der Waals surface area contributed by atoms with Crippen molar-refractivity contribution in [1.29, 1.82) is 0 Å². The zero-order chi connectivity index (χ0) is 19.7. The van der Waals surface area contributed by atoms with Crippen LogP contribution in [0.4, 0.5) is 13.2 Å². The summed E-state index contributed by atoms with van der Waals surface area (Å²) in [6, 6.07) is 2.03. The smallest absolute Gasteiger partial charge is 0.420 e. The molecule has 4 nitrogen and oxygen atoms in total. The van der Waals surface area contributed by atoms with Crippen LogP contribution in [0.15, 0.2) is 27.9 Å². The minimum atomic E-state index is -4.67. The Bertz CT molecular complexity index is 656. The normalized spacial score (nSPS) is 10.9. The fourth-order valence-corrected chi connectivity index (χ4v) is 2.07. The summed E-state index contributed by atoms with van der Waals surface area (Å²) in [7, 11) is 0. The molecule has 1 aromatic rings. The minimum Gasteiger partial charge on any atom is -0.491 e. The maximum absolute atomic E-state index is 13.3. The monoisotopic (exact) mass is 433 g/mol. The Morgan fingerprint density at radius 2 is 1.85 bits per heavy atom. The third-order valence-corrected chi connectivity index (χ3v) is 3.27. The number of benzene rings is 1. The molecule has 0 aliphatic carbocycles. The molecule has 0 saturated carbocycles.